The third-order valence-electron chi connectivity index (χ3n) is 4.50. The highest BCUT2D eigenvalue weighted by Gasteiger charge is 2.21. The van der Waals surface area contributed by atoms with Crippen LogP contribution in [0.3, 0.4) is 0 Å². The summed E-state index contributed by atoms with van der Waals surface area (Å²) in [6.45, 7) is 5.13. The van der Waals surface area contributed by atoms with Gasteiger partial charge in [-0.2, -0.15) is 0 Å². The molecule has 0 aliphatic heterocycles. The number of nitrogens with two attached hydrogens (primary N) is 1. The second-order valence-electron chi connectivity index (χ2n) is 7.29. The third-order valence-corrected chi connectivity index (χ3v) is 6.03. The van der Waals surface area contributed by atoms with Crippen molar-refractivity contribution < 1.29 is 9.53 Å². The number of imidazole rings is 1. The molecule has 0 atom stereocenters. The standard InChI is InChI=1S/C22H24Cl2N4O2S/c1-14(2)20-21(31-18-11-16(23)10-17(24)12-18)28(13-15-5-7-26-8-6-15)19(27-20)4-3-9-30-22(25)29/h5-8,10-12,14H,3-4,9,13H2,1-2H3,(H2,25,29). The molecule has 0 saturated heterocycles. The molecule has 31 heavy (non-hydrogen) atoms. The van der Waals surface area contributed by atoms with Crippen LogP contribution in [0.15, 0.2) is 52.6 Å². The van der Waals surface area contributed by atoms with Crippen molar-refractivity contribution in [1.82, 2.24) is 14.5 Å². The molecule has 0 aliphatic carbocycles. The largest absolute Gasteiger partial charge is 0.450 e. The monoisotopic (exact) mass is 478 g/mol. The minimum absolute atomic E-state index is 0.219. The highest BCUT2D eigenvalue weighted by Crippen LogP contribution is 2.37. The molecule has 0 fully saturated rings. The Hall–Kier alpha value is -2.22. The van der Waals surface area contributed by atoms with Crippen molar-refractivity contribution in [3.63, 3.8) is 0 Å². The van der Waals surface area contributed by atoms with Crippen LogP contribution in [0.1, 0.15) is 43.3 Å². The number of hydrogen-bond donors (Lipinski definition) is 1. The summed E-state index contributed by atoms with van der Waals surface area (Å²) in [5.74, 6) is 1.14. The number of rotatable bonds is 9. The molecule has 3 aromatic rings. The van der Waals surface area contributed by atoms with Crippen LogP contribution in [0, 0.1) is 0 Å². The normalized spacial score (nSPS) is 11.1. The van der Waals surface area contributed by atoms with E-state index in [-0.39, 0.29) is 12.5 Å². The molecule has 0 saturated carbocycles. The average molecular weight is 479 g/mol. The lowest BCUT2D eigenvalue weighted by molar-refractivity contribution is 0.155. The van der Waals surface area contributed by atoms with E-state index >= 15 is 0 Å². The highest BCUT2D eigenvalue weighted by atomic mass is 35.5. The van der Waals surface area contributed by atoms with Crippen LogP contribution in [0.4, 0.5) is 4.79 Å². The van der Waals surface area contributed by atoms with Gasteiger partial charge >= 0.3 is 6.09 Å². The quantitative estimate of drug-likeness (QED) is 0.385. The van der Waals surface area contributed by atoms with Gasteiger partial charge < -0.3 is 15.0 Å². The first-order chi connectivity index (χ1) is 14.8. The molecule has 0 bridgehead atoms. The van der Waals surface area contributed by atoms with Gasteiger partial charge in [0.25, 0.3) is 0 Å². The van der Waals surface area contributed by atoms with Crippen LogP contribution in [0.25, 0.3) is 0 Å². The maximum atomic E-state index is 10.9. The Morgan fingerprint density at radius 2 is 1.87 bits per heavy atom. The molecule has 164 valence electrons. The Kier molecular flexibility index (Phi) is 8.23. The fourth-order valence-corrected chi connectivity index (χ4v) is 5.03. The van der Waals surface area contributed by atoms with Crippen molar-refractivity contribution >= 4 is 41.1 Å². The molecule has 2 aromatic heterocycles. The lowest BCUT2D eigenvalue weighted by Gasteiger charge is -2.14. The van der Waals surface area contributed by atoms with E-state index in [0.717, 1.165) is 27.0 Å². The van der Waals surface area contributed by atoms with E-state index in [1.165, 1.54) is 0 Å². The van der Waals surface area contributed by atoms with E-state index in [4.69, 9.17) is 38.7 Å². The number of carbonyl (C=O) groups is 1. The summed E-state index contributed by atoms with van der Waals surface area (Å²) in [6, 6.07) is 9.48. The fourth-order valence-electron chi connectivity index (χ4n) is 3.11. The Balaban J connectivity index is 1.99. The fraction of sp³-hybridized carbons (Fsp3) is 0.318. The summed E-state index contributed by atoms with van der Waals surface area (Å²) in [7, 11) is 0. The van der Waals surface area contributed by atoms with Crippen molar-refractivity contribution in [2.45, 2.75) is 49.1 Å². The first kappa shape index (κ1) is 23.4. The molecule has 2 N–H and O–H groups in total. The molecule has 1 aromatic carbocycles. The van der Waals surface area contributed by atoms with Gasteiger partial charge in [-0.3, -0.25) is 4.98 Å². The second-order valence-corrected chi connectivity index (χ2v) is 9.23. The number of benzene rings is 1. The van der Waals surface area contributed by atoms with Gasteiger partial charge in [0.15, 0.2) is 0 Å². The Morgan fingerprint density at radius 1 is 1.19 bits per heavy atom. The van der Waals surface area contributed by atoms with Gasteiger partial charge in [0.05, 0.1) is 12.3 Å². The zero-order chi connectivity index (χ0) is 22.4. The van der Waals surface area contributed by atoms with Gasteiger partial charge in [-0.1, -0.05) is 48.8 Å². The molecule has 0 unspecified atom stereocenters. The van der Waals surface area contributed by atoms with Crippen molar-refractivity contribution in [3.8, 4) is 0 Å². The molecule has 0 aliphatic rings. The summed E-state index contributed by atoms with van der Waals surface area (Å²) in [4.78, 5) is 20.9. The maximum Gasteiger partial charge on any atom is 0.404 e. The van der Waals surface area contributed by atoms with Gasteiger partial charge in [0.2, 0.25) is 0 Å². The lowest BCUT2D eigenvalue weighted by Crippen LogP contribution is -2.14. The number of aromatic nitrogens is 3. The van der Waals surface area contributed by atoms with Crippen LogP contribution in [-0.4, -0.2) is 27.2 Å². The molecule has 2 heterocycles. The van der Waals surface area contributed by atoms with Gasteiger partial charge in [-0.15, -0.1) is 0 Å². The number of amides is 1. The van der Waals surface area contributed by atoms with Crippen molar-refractivity contribution in [3.05, 3.63) is 69.9 Å². The van der Waals surface area contributed by atoms with E-state index < -0.39 is 6.09 Å². The molecular formula is C22H24Cl2N4O2S. The van der Waals surface area contributed by atoms with Gasteiger partial charge in [0, 0.05) is 40.3 Å². The minimum atomic E-state index is -0.767. The van der Waals surface area contributed by atoms with E-state index in [1.54, 1.807) is 30.2 Å². The van der Waals surface area contributed by atoms with E-state index in [1.807, 2.05) is 24.3 Å². The third kappa shape index (κ3) is 6.63. The number of aryl methyl sites for hydroxylation is 1. The summed E-state index contributed by atoms with van der Waals surface area (Å²) in [6.07, 6.45) is 4.06. The summed E-state index contributed by atoms with van der Waals surface area (Å²) in [5.41, 5.74) is 7.18. The average Bonchev–Trinajstić information content (AvgIpc) is 3.02. The topological polar surface area (TPSA) is 83.0 Å². The van der Waals surface area contributed by atoms with Crippen LogP contribution >= 0.6 is 35.0 Å². The summed E-state index contributed by atoms with van der Waals surface area (Å²) < 4.78 is 7.09. The molecule has 3 rings (SSSR count). The van der Waals surface area contributed by atoms with Crippen LogP contribution in [0.2, 0.25) is 10.0 Å². The molecule has 0 radical (unpaired) electrons. The van der Waals surface area contributed by atoms with Crippen LogP contribution < -0.4 is 5.73 Å². The number of ether oxygens (including phenoxy) is 1. The zero-order valence-electron chi connectivity index (χ0n) is 17.3. The number of nitrogens with zero attached hydrogens (tertiary/aromatic N) is 3. The highest BCUT2D eigenvalue weighted by molar-refractivity contribution is 7.99. The number of carbonyl (C=O) groups excluding carboxylic acids is 1. The first-order valence-electron chi connectivity index (χ1n) is 9.88. The molecule has 1 amide bonds. The van der Waals surface area contributed by atoms with Crippen LogP contribution in [0.5, 0.6) is 0 Å². The van der Waals surface area contributed by atoms with E-state index in [9.17, 15) is 4.79 Å². The number of halogens is 2. The predicted octanol–water partition coefficient (Wildman–Crippen LogP) is 5.94. The summed E-state index contributed by atoms with van der Waals surface area (Å²) in [5, 5.41) is 2.21. The van der Waals surface area contributed by atoms with E-state index in [2.05, 4.69) is 23.4 Å². The van der Waals surface area contributed by atoms with Crippen molar-refractivity contribution in [1.29, 1.82) is 0 Å². The second kappa shape index (κ2) is 10.9. The van der Waals surface area contributed by atoms with Gasteiger partial charge in [-0.05, 0) is 48.2 Å². The first-order valence-corrected chi connectivity index (χ1v) is 11.4. The van der Waals surface area contributed by atoms with Crippen molar-refractivity contribution in [2.24, 2.45) is 5.73 Å². The molecular weight excluding hydrogens is 455 g/mol. The van der Waals surface area contributed by atoms with E-state index in [0.29, 0.717) is 29.4 Å². The Labute approximate surface area is 196 Å². The van der Waals surface area contributed by atoms with Gasteiger partial charge in [0.1, 0.15) is 10.9 Å². The lowest BCUT2D eigenvalue weighted by atomic mass is 10.1. The van der Waals surface area contributed by atoms with Gasteiger partial charge in [-0.25, -0.2) is 9.78 Å². The number of primary amides is 1. The number of hydrogen-bond acceptors (Lipinski definition) is 5. The predicted molar refractivity (Wildman–Crippen MR) is 124 cm³/mol. The Morgan fingerprint density at radius 3 is 2.48 bits per heavy atom. The SMILES string of the molecule is CC(C)c1nc(CCCOC(N)=O)n(Cc2ccncc2)c1Sc1cc(Cl)cc(Cl)c1. The van der Waals surface area contributed by atoms with Crippen molar-refractivity contribution in [2.75, 3.05) is 6.61 Å². The molecule has 0 spiro atoms. The minimum Gasteiger partial charge on any atom is -0.450 e. The number of pyridine rings is 1. The van der Waals surface area contributed by atoms with Crippen LogP contribution in [-0.2, 0) is 17.7 Å². The maximum absolute atomic E-state index is 10.9. The molecule has 9 heteroatoms. The summed E-state index contributed by atoms with van der Waals surface area (Å²) >= 11 is 14.0. The zero-order valence-corrected chi connectivity index (χ0v) is 19.7. The smallest absolute Gasteiger partial charge is 0.404 e. The molecule has 6 nitrogen and oxygen atoms in total. The Bertz CT molecular complexity index is 1020.